The molecule has 0 bridgehead atoms. The standard InChI is InChI=1S/C22H24ClFN2O2/c23-19-14-17(24)8-9-18(19)21(28)25-13-10-20(27)26-15-22(11-4-5-12-22)16-6-2-1-3-7-16/h1-3,6-9,14H,4-5,10-13,15H2,(H,25,28)(H,26,27). The van der Waals surface area contributed by atoms with Gasteiger partial charge in [0.05, 0.1) is 10.6 Å². The van der Waals surface area contributed by atoms with Crippen molar-refractivity contribution in [2.24, 2.45) is 0 Å². The summed E-state index contributed by atoms with van der Waals surface area (Å²) >= 11 is 5.88. The zero-order chi connectivity index (χ0) is 20.0. The summed E-state index contributed by atoms with van der Waals surface area (Å²) in [6.45, 7) is 0.796. The number of hydrogen-bond donors (Lipinski definition) is 2. The second-order valence-electron chi connectivity index (χ2n) is 7.26. The molecule has 1 fully saturated rings. The van der Waals surface area contributed by atoms with Crippen LogP contribution in [0.4, 0.5) is 4.39 Å². The molecule has 2 aromatic rings. The third-order valence-electron chi connectivity index (χ3n) is 5.38. The van der Waals surface area contributed by atoms with Crippen LogP contribution in [0.15, 0.2) is 48.5 Å². The molecule has 0 aliphatic heterocycles. The maximum Gasteiger partial charge on any atom is 0.252 e. The van der Waals surface area contributed by atoms with Crippen molar-refractivity contribution in [2.75, 3.05) is 13.1 Å². The summed E-state index contributed by atoms with van der Waals surface area (Å²) in [5, 5.41) is 5.73. The normalized spacial score (nSPS) is 15.2. The Morgan fingerprint density at radius 1 is 1.04 bits per heavy atom. The fourth-order valence-electron chi connectivity index (χ4n) is 3.83. The number of rotatable bonds is 7. The van der Waals surface area contributed by atoms with Gasteiger partial charge in [0.15, 0.2) is 0 Å². The molecule has 0 heterocycles. The Hall–Kier alpha value is -2.40. The lowest BCUT2D eigenvalue weighted by Crippen LogP contribution is -2.40. The lowest BCUT2D eigenvalue weighted by atomic mass is 9.79. The summed E-state index contributed by atoms with van der Waals surface area (Å²) < 4.78 is 13.1. The smallest absolute Gasteiger partial charge is 0.252 e. The van der Waals surface area contributed by atoms with Gasteiger partial charge in [0.1, 0.15) is 5.82 Å². The van der Waals surface area contributed by atoms with Crippen molar-refractivity contribution in [3.63, 3.8) is 0 Å². The van der Waals surface area contributed by atoms with E-state index in [1.54, 1.807) is 0 Å². The van der Waals surface area contributed by atoms with Crippen LogP contribution < -0.4 is 10.6 Å². The highest BCUT2D eigenvalue weighted by atomic mass is 35.5. The van der Waals surface area contributed by atoms with Crippen LogP contribution in [0.3, 0.4) is 0 Å². The predicted octanol–water partition coefficient (Wildman–Crippen LogP) is 4.23. The second kappa shape index (κ2) is 9.20. The molecular formula is C22H24ClFN2O2. The monoisotopic (exact) mass is 402 g/mol. The Bertz CT molecular complexity index is 836. The first-order valence-corrected chi connectivity index (χ1v) is 9.93. The Morgan fingerprint density at radius 2 is 1.75 bits per heavy atom. The molecule has 4 nitrogen and oxygen atoms in total. The molecule has 2 amide bonds. The lowest BCUT2D eigenvalue weighted by Gasteiger charge is -2.30. The van der Waals surface area contributed by atoms with E-state index in [9.17, 15) is 14.0 Å². The SMILES string of the molecule is O=C(CCNC(=O)c1ccc(F)cc1Cl)NCC1(c2ccccc2)CCCC1. The number of hydrogen-bond acceptors (Lipinski definition) is 2. The minimum absolute atomic E-state index is 0.00179. The van der Waals surface area contributed by atoms with E-state index >= 15 is 0 Å². The van der Waals surface area contributed by atoms with Gasteiger partial charge in [-0.15, -0.1) is 0 Å². The largest absolute Gasteiger partial charge is 0.355 e. The number of halogens is 2. The van der Waals surface area contributed by atoms with Crippen LogP contribution in [0.5, 0.6) is 0 Å². The molecule has 0 radical (unpaired) electrons. The highest BCUT2D eigenvalue weighted by Gasteiger charge is 2.35. The molecule has 6 heteroatoms. The fourth-order valence-corrected chi connectivity index (χ4v) is 4.08. The lowest BCUT2D eigenvalue weighted by molar-refractivity contribution is -0.121. The Kier molecular flexibility index (Phi) is 6.68. The molecule has 0 saturated heterocycles. The first kappa shape index (κ1) is 20.3. The molecule has 2 N–H and O–H groups in total. The number of amides is 2. The minimum atomic E-state index is -0.500. The van der Waals surface area contributed by atoms with Crippen LogP contribution in [0.1, 0.15) is 48.0 Å². The molecule has 1 aliphatic carbocycles. The van der Waals surface area contributed by atoms with Crippen LogP contribution in [0.2, 0.25) is 5.02 Å². The minimum Gasteiger partial charge on any atom is -0.355 e. The van der Waals surface area contributed by atoms with Crippen LogP contribution >= 0.6 is 11.6 Å². The molecule has 0 aromatic heterocycles. The van der Waals surface area contributed by atoms with Crippen molar-refractivity contribution >= 4 is 23.4 Å². The van der Waals surface area contributed by atoms with Gasteiger partial charge in [-0.1, -0.05) is 54.8 Å². The Morgan fingerprint density at radius 3 is 2.43 bits per heavy atom. The van der Waals surface area contributed by atoms with Gasteiger partial charge >= 0.3 is 0 Å². The number of nitrogens with one attached hydrogen (secondary N) is 2. The average molecular weight is 403 g/mol. The van der Waals surface area contributed by atoms with Gasteiger partial charge in [-0.2, -0.15) is 0 Å². The molecule has 0 atom stereocenters. The van der Waals surface area contributed by atoms with E-state index in [1.807, 2.05) is 18.2 Å². The first-order chi connectivity index (χ1) is 13.5. The van der Waals surface area contributed by atoms with Crippen molar-refractivity contribution in [1.82, 2.24) is 10.6 Å². The number of benzene rings is 2. The third-order valence-corrected chi connectivity index (χ3v) is 5.70. The van der Waals surface area contributed by atoms with Crippen molar-refractivity contribution in [1.29, 1.82) is 0 Å². The molecule has 0 spiro atoms. The van der Waals surface area contributed by atoms with E-state index in [-0.39, 0.29) is 34.9 Å². The topological polar surface area (TPSA) is 58.2 Å². The molecule has 3 rings (SSSR count). The van der Waals surface area contributed by atoms with Gasteiger partial charge in [0.2, 0.25) is 5.91 Å². The predicted molar refractivity (Wildman–Crippen MR) is 108 cm³/mol. The fraction of sp³-hybridized carbons (Fsp3) is 0.364. The van der Waals surface area contributed by atoms with Crippen molar-refractivity contribution in [3.8, 4) is 0 Å². The van der Waals surface area contributed by atoms with Crippen molar-refractivity contribution in [2.45, 2.75) is 37.5 Å². The van der Waals surface area contributed by atoms with Gasteiger partial charge in [-0.05, 0) is 36.6 Å². The molecule has 1 saturated carbocycles. The third kappa shape index (κ3) is 4.90. The molecule has 28 heavy (non-hydrogen) atoms. The zero-order valence-electron chi connectivity index (χ0n) is 15.6. The maximum atomic E-state index is 13.1. The zero-order valence-corrected chi connectivity index (χ0v) is 16.4. The van der Waals surface area contributed by atoms with Crippen LogP contribution in [-0.4, -0.2) is 24.9 Å². The summed E-state index contributed by atoms with van der Waals surface area (Å²) in [4.78, 5) is 24.4. The number of carbonyl (C=O) groups excluding carboxylic acids is 2. The van der Waals surface area contributed by atoms with Crippen LogP contribution in [0, 0.1) is 5.82 Å². The highest BCUT2D eigenvalue weighted by molar-refractivity contribution is 6.33. The summed E-state index contributed by atoms with van der Waals surface area (Å²) in [6.07, 6.45) is 4.64. The average Bonchev–Trinajstić information content (AvgIpc) is 3.17. The molecule has 1 aliphatic rings. The van der Waals surface area contributed by atoms with E-state index in [0.717, 1.165) is 18.9 Å². The van der Waals surface area contributed by atoms with E-state index in [1.165, 1.54) is 30.5 Å². The van der Waals surface area contributed by atoms with Gasteiger partial charge in [0.25, 0.3) is 5.91 Å². The van der Waals surface area contributed by atoms with Crippen molar-refractivity contribution in [3.05, 3.63) is 70.5 Å². The summed E-state index contributed by atoms with van der Waals surface area (Å²) in [7, 11) is 0. The first-order valence-electron chi connectivity index (χ1n) is 9.56. The van der Waals surface area contributed by atoms with Gasteiger partial charge < -0.3 is 10.6 Å². The van der Waals surface area contributed by atoms with E-state index in [4.69, 9.17) is 11.6 Å². The molecule has 2 aromatic carbocycles. The molecule has 148 valence electrons. The second-order valence-corrected chi connectivity index (χ2v) is 7.67. The summed E-state index contributed by atoms with van der Waals surface area (Å²) in [5.41, 5.74) is 1.46. The van der Waals surface area contributed by atoms with Gasteiger partial charge in [-0.3, -0.25) is 9.59 Å². The maximum absolute atomic E-state index is 13.1. The molecule has 0 unspecified atom stereocenters. The number of carbonyl (C=O) groups is 2. The highest BCUT2D eigenvalue weighted by Crippen LogP contribution is 2.40. The summed E-state index contributed by atoms with van der Waals surface area (Å²) in [6, 6.07) is 13.9. The van der Waals surface area contributed by atoms with Crippen LogP contribution in [0.25, 0.3) is 0 Å². The van der Waals surface area contributed by atoms with Gasteiger partial charge in [0, 0.05) is 24.9 Å². The van der Waals surface area contributed by atoms with Crippen LogP contribution in [-0.2, 0) is 10.2 Å². The quantitative estimate of drug-likeness (QED) is 0.728. The van der Waals surface area contributed by atoms with Crippen molar-refractivity contribution < 1.29 is 14.0 Å². The Labute approximate surface area is 169 Å². The van der Waals surface area contributed by atoms with Gasteiger partial charge in [-0.25, -0.2) is 4.39 Å². The van der Waals surface area contributed by atoms with E-state index in [2.05, 4.69) is 22.8 Å². The Balaban J connectivity index is 1.48. The van der Waals surface area contributed by atoms with E-state index < -0.39 is 11.7 Å². The summed E-state index contributed by atoms with van der Waals surface area (Å²) in [5.74, 6) is -1.03. The molecular weight excluding hydrogens is 379 g/mol. The van der Waals surface area contributed by atoms with E-state index in [0.29, 0.717) is 6.54 Å².